The molecule has 214 valence electrons. The molecule has 1 fully saturated rings. The molecule has 0 amide bonds. The minimum absolute atomic E-state index is 0.237. The summed E-state index contributed by atoms with van der Waals surface area (Å²) in [6, 6.07) is 21.3. The number of amidine groups is 2. The quantitative estimate of drug-likeness (QED) is 0.161. The molecule has 1 heterocycles. The van der Waals surface area contributed by atoms with E-state index in [0.29, 0.717) is 23.2 Å². The van der Waals surface area contributed by atoms with E-state index in [9.17, 15) is 13.2 Å². The fraction of sp³-hybridized carbons (Fsp3) is 0.267. The molecule has 2 N–H and O–H groups in total. The van der Waals surface area contributed by atoms with Crippen molar-refractivity contribution in [3.05, 3.63) is 89.5 Å². The average Bonchev–Trinajstić information content (AvgIpc) is 3.32. The molecule has 41 heavy (non-hydrogen) atoms. The first kappa shape index (κ1) is 29.9. The fourth-order valence-electron chi connectivity index (χ4n) is 4.14. The summed E-state index contributed by atoms with van der Waals surface area (Å²) in [4.78, 5) is 10.5. The molecule has 0 aliphatic carbocycles. The molecule has 0 aromatic heterocycles. The van der Waals surface area contributed by atoms with Gasteiger partial charge >= 0.3 is 6.36 Å². The van der Waals surface area contributed by atoms with Crippen molar-refractivity contribution in [1.29, 1.82) is 0 Å². The van der Waals surface area contributed by atoms with Crippen LogP contribution in [-0.4, -0.2) is 41.7 Å². The van der Waals surface area contributed by atoms with Crippen molar-refractivity contribution in [1.82, 2.24) is 0 Å². The number of alkyl halides is 3. The highest BCUT2D eigenvalue weighted by Gasteiger charge is 2.31. The summed E-state index contributed by atoms with van der Waals surface area (Å²) in [6.07, 6.45) is -0.744. The molecule has 1 aliphatic rings. The predicted molar refractivity (Wildman–Crippen MR) is 163 cm³/mol. The van der Waals surface area contributed by atoms with Gasteiger partial charge in [0.1, 0.15) is 17.9 Å². The van der Waals surface area contributed by atoms with Gasteiger partial charge in [0.2, 0.25) is 0 Å². The summed E-state index contributed by atoms with van der Waals surface area (Å²) in [6.45, 7) is 6.64. The third-order valence-corrected chi connectivity index (χ3v) is 7.66. The molecule has 2 unspecified atom stereocenters. The Bertz CT molecular complexity index is 1440. The normalized spacial score (nSPS) is 18.1. The second-order valence-electron chi connectivity index (χ2n) is 9.45. The number of hydrogen-bond acceptors (Lipinski definition) is 5. The van der Waals surface area contributed by atoms with Crippen LogP contribution in [0.4, 0.5) is 24.5 Å². The van der Waals surface area contributed by atoms with Gasteiger partial charge in [-0.3, -0.25) is 0 Å². The average molecular weight is 581 g/mol. The Kier molecular flexibility index (Phi) is 9.82. The molecular formula is C30H31F3N6OS. The van der Waals surface area contributed by atoms with Crippen LogP contribution in [0, 0.1) is 0 Å². The van der Waals surface area contributed by atoms with E-state index in [0.717, 1.165) is 22.9 Å². The smallest absolute Gasteiger partial charge is 0.406 e. The highest BCUT2D eigenvalue weighted by molar-refractivity contribution is 8.14. The highest BCUT2D eigenvalue weighted by atomic mass is 32.2. The standard InChI is InChI=1S/C30H31F3N6OS/c1-4-20(2)26-7-5-6-8-27(26)39-21(3)18-41-29(39)38-37-17-22-9-11-23(12-10-22)28(34)36-19-35-24-13-15-25(16-14-24)40-30(31,32)33/h5-17,19-21H,4,18H2,1-3H3,(H2,34,35,36)/b37-17+,38-29+. The molecule has 0 radical (unpaired) electrons. The second kappa shape index (κ2) is 13.5. The number of nitrogens with two attached hydrogens (primary N) is 1. The SMILES string of the molecule is CCC(C)c1ccccc1N1/C(=N\N=C\c2ccc(C(N)=NC=Nc3ccc(OC(F)(F)F)cc3)cc2)SCC1C. The van der Waals surface area contributed by atoms with Gasteiger partial charge in [-0.2, -0.15) is 5.10 Å². The molecule has 1 aliphatic heterocycles. The monoisotopic (exact) mass is 580 g/mol. The van der Waals surface area contributed by atoms with Crippen LogP contribution in [-0.2, 0) is 0 Å². The van der Waals surface area contributed by atoms with Gasteiger partial charge in [0.05, 0.1) is 11.9 Å². The van der Waals surface area contributed by atoms with Gasteiger partial charge in [0.25, 0.3) is 0 Å². The zero-order valence-corrected chi connectivity index (χ0v) is 23.7. The van der Waals surface area contributed by atoms with E-state index >= 15 is 0 Å². The topological polar surface area (TPSA) is 87.9 Å². The van der Waals surface area contributed by atoms with E-state index in [1.54, 1.807) is 18.0 Å². The van der Waals surface area contributed by atoms with Gasteiger partial charge < -0.3 is 15.4 Å². The summed E-state index contributed by atoms with van der Waals surface area (Å²) in [7, 11) is 0. The molecule has 3 aromatic rings. The van der Waals surface area contributed by atoms with Crippen molar-refractivity contribution >= 4 is 46.7 Å². The molecule has 7 nitrogen and oxygen atoms in total. The lowest BCUT2D eigenvalue weighted by Gasteiger charge is -2.27. The van der Waals surface area contributed by atoms with Crippen LogP contribution in [0.5, 0.6) is 5.75 Å². The van der Waals surface area contributed by atoms with Crippen molar-refractivity contribution in [2.45, 2.75) is 45.5 Å². The number of benzene rings is 3. The summed E-state index contributed by atoms with van der Waals surface area (Å²) in [5.74, 6) is 1.30. The first-order valence-electron chi connectivity index (χ1n) is 13.1. The molecule has 11 heteroatoms. The maximum atomic E-state index is 12.3. The van der Waals surface area contributed by atoms with Gasteiger partial charge in [-0.25, -0.2) is 9.98 Å². The van der Waals surface area contributed by atoms with E-state index in [-0.39, 0.29) is 11.6 Å². The molecular weight excluding hydrogens is 549 g/mol. The number of thioether (sulfide) groups is 1. The summed E-state index contributed by atoms with van der Waals surface area (Å²) >= 11 is 1.70. The van der Waals surface area contributed by atoms with Crippen LogP contribution < -0.4 is 15.4 Å². The molecule has 3 aromatic carbocycles. The maximum Gasteiger partial charge on any atom is 0.573 e. The van der Waals surface area contributed by atoms with Gasteiger partial charge in [0, 0.05) is 23.0 Å². The molecule has 2 atom stereocenters. The van der Waals surface area contributed by atoms with E-state index in [1.807, 2.05) is 24.3 Å². The number of halogens is 3. The van der Waals surface area contributed by atoms with Crippen LogP contribution >= 0.6 is 11.8 Å². The molecule has 4 rings (SSSR count). The highest BCUT2D eigenvalue weighted by Crippen LogP contribution is 2.36. The Morgan fingerprint density at radius 2 is 1.80 bits per heavy atom. The Morgan fingerprint density at radius 3 is 2.49 bits per heavy atom. The largest absolute Gasteiger partial charge is 0.573 e. The van der Waals surface area contributed by atoms with E-state index in [2.05, 4.69) is 74.9 Å². The number of nitrogens with zero attached hydrogens (tertiary/aromatic N) is 5. The lowest BCUT2D eigenvalue weighted by Crippen LogP contribution is -2.32. The number of rotatable bonds is 9. The van der Waals surface area contributed by atoms with E-state index in [1.165, 1.54) is 41.9 Å². The molecule has 0 saturated carbocycles. The van der Waals surface area contributed by atoms with Crippen LogP contribution in [0.3, 0.4) is 0 Å². The maximum absolute atomic E-state index is 12.3. The number of ether oxygens (including phenoxy) is 1. The number of aliphatic imine (C=N–C) groups is 2. The van der Waals surface area contributed by atoms with E-state index < -0.39 is 6.36 Å². The van der Waals surface area contributed by atoms with Crippen molar-refractivity contribution in [2.75, 3.05) is 10.7 Å². The van der Waals surface area contributed by atoms with Gasteiger partial charge in [0.15, 0.2) is 5.17 Å². The van der Waals surface area contributed by atoms with Crippen LogP contribution in [0.2, 0.25) is 0 Å². The number of para-hydroxylation sites is 1. The van der Waals surface area contributed by atoms with Crippen LogP contribution in [0.15, 0.2) is 93.0 Å². The predicted octanol–water partition coefficient (Wildman–Crippen LogP) is 7.50. The number of anilines is 1. The lowest BCUT2D eigenvalue weighted by atomic mass is 9.96. The number of hydrogen-bond donors (Lipinski definition) is 1. The first-order valence-corrected chi connectivity index (χ1v) is 14.1. The first-order chi connectivity index (χ1) is 19.6. The van der Waals surface area contributed by atoms with Crippen molar-refractivity contribution in [2.24, 2.45) is 25.9 Å². The fourth-order valence-corrected chi connectivity index (χ4v) is 5.20. The third kappa shape index (κ3) is 8.20. The van der Waals surface area contributed by atoms with Crippen LogP contribution in [0.1, 0.15) is 49.8 Å². The van der Waals surface area contributed by atoms with Gasteiger partial charge in [-0.1, -0.05) is 68.1 Å². The van der Waals surface area contributed by atoms with Gasteiger partial charge in [-0.05, 0) is 60.7 Å². The summed E-state index contributed by atoms with van der Waals surface area (Å²) < 4.78 is 40.7. The Morgan fingerprint density at radius 1 is 1.10 bits per heavy atom. The molecule has 0 spiro atoms. The van der Waals surface area contributed by atoms with Crippen molar-refractivity contribution < 1.29 is 17.9 Å². The minimum atomic E-state index is -4.74. The Labute approximate surface area is 241 Å². The van der Waals surface area contributed by atoms with Crippen LogP contribution in [0.25, 0.3) is 0 Å². The summed E-state index contributed by atoms with van der Waals surface area (Å²) in [5.41, 5.74) is 10.5. The zero-order valence-electron chi connectivity index (χ0n) is 22.9. The minimum Gasteiger partial charge on any atom is -0.406 e. The lowest BCUT2D eigenvalue weighted by molar-refractivity contribution is -0.274. The molecule has 1 saturated heterocycles. The van der Waals surface area contributed by atoms with Crippen molar-refractivity contribution in [3.8, 4) is 5.75 Å². The Hall–Kier alpha value is -4.12. The third-order valence-electron chi connectivity index (χ3n) is 6.47. The van der Waals surface area contributed by atoms with Gasteiger partial charge in [-0.15, -0.1) is 18.3 Å². The van der Waals surface area contributed by atoms with E-state index in [4.69, 9.17) is 5.73 Å². The molecule has 0 bridgehead atoms. The second-order valence-corrected chi connectivity index (χ2v) is 10.4. The zero-order chi connectivity index (χ0) is 29.4. The summed E-state index contributed by atoms with van der Waals surface area (Å²) in [5, 5.41) is 9.78. The van der Waals surface area contributed by atoms with Crippen molar-refractivity contribution in [3.63, 3.8) is 0 Å². The Balaban J connectivity index is 1.40.